The number of halogens is 2. The number of benzene rings is 1. The third kappa shape index (κ3) is 5.65. The van der Waals surface area contributed by atoms with Gasteiger partial charge in [-0.15, -0.1) is 0 Å². The molecule has 1 aromatic rings. The van der Waals surface area contributed by atoms with Crippen LogP contribution in [0.3, 0.4) is 0 Å². The predicted octanol–water partition coefficient (Wildman–Crippen LogP) is 2.93. The molecule has 0 radical (unpaired) electrons. The molecule has 5 rings (SSSR count). The van der Waals surface area contributed by atoms with Crippen molar-refractivity contribution in [2.75, 3.05) is 26.4 Å². The Morgan fingerprint density at radius 1 is 1.03 bits per heavy atom. The van der Waals surface area contributed by atoms with Gasteiger partial charge in [0.05, 0.1) is 25.6 Å². The monoisotopic (exact) mass is 519 g/mol. The number of nitrogens with one attached hydrogen (secondary N) is 1. The summed E-state index contributed by atoms with van der Waals surface area (Å²) in [5, 5.41) is 2.33. The summed E-state index contributed by atoms with van der Waals surface area (Å²) >= 11 is 0. The van der Waals surface area contributed by atoms with Crippen molar-refractivity contribution >= 4 is 17.7 Å². The van der Waals surface area contributed by atoms with Crippen LogP contribution < -0.4 is 10.1 Å². The maximum Gasteiger partial charge on any atom is 0.255 e. The molecule has 37 heavy (non-hydrogen) atoms. The van der Waals surface area contributed by atoms with Gasteiger partial charge in [0.25, 0.3) is 5.91 Å². The summed E-state index contributed by atoms with van der Waals surface area (Å²) in [6.07, 6.45) is 4.81. The number of carbonyl (C=O) groups is 3. The van der Waals surface area contributed by atoms with Crippen molar-refractivity contribution in [3.05, 3.63) is 29.3 Å². The van der Waals surface area contributed by atoms with Crippen LogP contribution in [0.15, 0.2) is 18.2 Å². The number of alkyl halides is 2. The standard InChI is InChI=1S/C27H35F2N3O5/c28-11-9-18(10-12-29)36-20-15-31(16-20)22-3-1-2-4-24(22)37-19-5-6-21-17(13-19)14-32(27(21)35)23-7-8-25(33)30-26(23)34/h5-6,13,18,20,22-24H,1-4,7-12,14-16H2,(H,30,33,34)/t22-,23?,24+/m0/s1. The van der Waals surface area contributed by atoms with Crippen LogP contribution in [0.4, 0.5) is 8.78 Å². The van der Waals surface area contributed by atoms with Crippen LogP contribution >= 0.6 is 0 Å². The van der Waals surface area contributed by atoms with E-state index in [0.29, 0.717) is 24.3 Å². The van der Waals surface area contributed by atoms with Crippen molar-refractivity contribution in [1.82, 2.24) is 15.1 Å². The molecule has 202 valence electrons. The van der Waals surface area contributed by atoms with E-state index < -0.39 is 25.3 Å². The quantitative estimate of drug-likeness (QED) is 0.479. The number of rotatable bonds is 10. The Balaban J connectivity index is 1.19. The highest BCUT2D eigenvalue weighted by molar-refractivity contribution is 6.05. The van der Waals surface area contributed by atoms with Crippen LogP contribution in [0.25, 0.3) is 0 Å². The number of amides is 3. The van der Waals surface area contributed by atoms with Gasteiger partial charge in [-0.05, 0) is 49.4 Å². The maximum absolute atomic E-state index is 13.0. The average molecular weight is 520 g/mol. The molecule has 10 heteroatoms. The van der Waals surface area contributed by atoms with Crippen LogP contribution in [-0.4, -0.2) is 84.4 Å². The predicted molar refractivity (Wildman–Crippen MR) is 131 cm³/mol. The molecule has 1 aliphatic carbocycles. The Bertz CT molecular complexity index is 1010. The van der Waals surface area contributed by atoms with Crippen molar-refractivity contribution in [2.24, 2.45) is 0 Å². The lowest BCUT2D eigenvalue weighted by molar-refractivity contribution is -0.136. The fourth-order valence-corrected chi connectivity index (χ4v) is 6.05. The summed E-state index contributed by atoms with van der Waals surface area (Å²) in [7, 11) is 0. The van der Waals surface area contributed by atoms with Gasteiger partial charge in [-0.2, -0.15) is 0 Å². The molecule has 3 heterocycles. The number of ether oxygens (including phenoxy) is 2. The molecular weight excluding hydrogens is 484 g/mol. The molecular formula is C27H35F2N3O5. The summed E-state index contributed by atoms with van der Waals surface area (Å²) in [5.74, 6) is -0.219. The molecule has 0 aromatic heterocycles. The zero-order valence-corrected chi connectivity index (χ0v) is 21.0. The number of hydrogen-bond donors (Lipinski definition) is 1. The van der Waals surface area contributed by atoms with Crippen LogP contribution in [0.2, 0.25) is 0 Å². The number of piperidine rings is 1. The molecule has 1 N–H and O–H groups in total. The molecule has 3 fully saturated rings. The summed E-state index contributed by atoms with van der Waals surface area (Å²) in [6, 6.07) is 5.08. The molecule has 0 bridgehead atoms. The number of fused-ring (bicyclic) bond motifs is 1. The Morgan fingerprint density at radius 2 is 1.78 bits per heavy atom. The second-order valence-electron chi connectivity index (χ2n) is 10.5. The molecule has 4 aliphatic rings. The van der Waals surface area contributed by atoms with Crippen molar-refractivity contribution in [3.63, 3.8) is 0 Å². The molecule has 2 saturated heterocycles. The van der Waals surface area contributed by atoms with Gasteiger partial charge in [-0.25, -0.2) is 0 Å². The number of hydrogen-bond acceptors (Lipinski definition) is 6. The van der Waals surface area contributed by atoms with E-state index in [1.165, 1.54) is 0 Å². The Hall–Kier alpha value is -2.59. The highest BCUT2D eigenvalue weighted by Crippen LogP contribution is 2.34. The van der Waals surface area contributed by atoms with E-state index in [1.807, 2.05) is 12.1 Å². The third-order valence-corrected chi connectivity index (χ3v) is 8.04. The molecule has 1 saturated carbocycles. The topological polar surface area (TPSA) is 88.2 Å². The van der Waals surface area contributed by atoms with Gasteiger partial charge in [0.2, 0.25) is 11.8 Å². The van der Waals surface area contributed by atoms with Crippen LogP contribution in [0.5, 0.6) is 5.75 Å². The lowest BCUT2D eigenvalue weighted by atomic mass is 9.89. The molecule has 3 aliphatic heterocycles. The zero-order valence-electron chi connectivity index (χ0n) is 21.0. The minimum atomic E-state index is -0.638. The fraction of sp³-hybridized carbons (Fsp3) is 0.667. The van der Waals surface area contributed by atoms with Crippen LogP contribution in [0, 0.1) is 0 Å². The Morgan fingerprint density at radius 3 is 2.51 bits per heavy atom. The second-order valence-corrected chi connectivity index (χ2v) is 10.5. The molecule has 8 nitrogen and oxygen atoms in total. The summed E-state index contributed by atoms with van der Waals surface area (Å²) in [6.45, 7) is 0.781. The Labute approximate surface area is 215 Å². The first-order chi connectivity index (χ1) is 18.0. The summed E-state index contributed by atoms with van der Waals surface area (Å²) in [4.78, 5) is 40.6. The van der Waals surface area contributed by atoms with Crippen LogP contribution in [-0.2, 0) is 20.9 Å². The van der Waals surface area contributed by atoms with Gasteiger partial charge in [-0.1, -0.05) is 6.42 Å². The molecule has 3 amide bonds. The number of carbonyl (C=O) groups excluding carboxylic acids is 3. The van der Waals surface area contributed by atoms with E-state index in [2.05, 4.69) is 10.2 Å². The van der Waals surface area contributed by atoms with E-state index in [-0.39, 0.29) is 55.4 Å². The first-order valence-corrected chi connectivity index (χ1v) is 13.4. The van der Waals surface area contributed by atoms with Gasteiger partial charge in [0, 0.05) is 50.5 Å². The van der Waals surface area contributed by atoms with E-state index >= 15 is 0 Å². The number of nitrogens with zero attached hydrogens (tertiary/aromatic N) is 2. The van der Waals surface area contributed by atoms with Gasteiger partial charge in [0.15, 0.2) is 0 Å². The maximum atomic E-state index is 13.0. The van der Waals surface area contributed by atoms with E-state index in [0.717, 1.165) is 44.3 Å². The van der Waals surface area contributed by atoms with Gasteiger partial charge >= 0.3 is 0 Å². The van der Waals surface area contributed by atoms with Crippen molar-refractivity contribution in [2.45, 2.75) is 88.3 Å². The minimum absolute atomic E-state index is 0.00331. The van der Waals surface area contributed by atoms with Crippen LogP contribution in [0.1, 0.15) is 67.3 Å². The molecule has 3 atom stereocenters. The van der Waals surface area contributed by atoms with Gasteiger partial charge in [-0.3, -0.25) is 33.4 Å². The second kappa shape index (κ2) is 11.4. The highest BCUT2D eigenvalue weighted by Gasteiger charge is 2.41. The normalized spacial score (nSPS) is 26.8. The fourth-order valence-electron chi connectivity index (χ4n) is 6.05. The minimum Gasteiger partial charge on any atom is -0.489 e. The van der Waals surface area contributed by atoms with E-state index in [4.69, 9.17) is 9.47 Å². The first-order valence-electron chi connectivity index (χ1n) is 13.4. The average Bonchev–Trinajstić information content (AvgIpc) is 3.17. The summed E-state index contributed by atoms with van der Waals surface area (Å²) in [5.41, 5.74) is 1.39. The smallest absolute Gasteiger partial charge is 0.255 e. The van der Waals surface area contributed by atoms with Crippen molar-refractivity contribution < 1.29 is 32.6 Å². The first kappa shape index (κ1) is 26.0. The van der Waals surface area contributed by atoms with Crippen molar-refractivity contribution in [1.29, 1.82) is 0 Å². The summed E-state index contributed by atoms with van der Waals surface area (Å²) < 4.78 is 37.9. The largest absolute Gasteiger partial charge is 0.489 e. The van der Waals surface area contributed by atoms with Gasteiger partial charge in [0.1, 0.15) is 17.9 Å². The number of imide groups is 1. The lowest BCUT2D eigenvalue weighted by Gasteiger charge is -2.48. The highest BCUT2D eigenvalue weighted by atomic mass is 19.1. The molecule has 1 aromatic carbocycles. The Kier molecular flexibility index (Phi) is 8.04. The third-order valence-electron chi connectivity index (χ3n) is 8.04. The van der Waals surface area contributed by atoms with E-state index in [1.54, 1.807) is 11.0 Å². The van der Waals surface area contributed by atoms with E-state index in [9.17, 15) is 23.2 Å². The molecule has 1 unspecified atom stereocenters. The van der Waals surface area contributed by atoms with Gasteiger partial charge < -0.3 is 14.4 Å². The van der Waals surface area contributed by atoms with Crippen molar-refractivity contribution in [3.8, 4) is 5.75 Å². The SMILES string of the molecule is O=C1CCC(N2Cc3cc(O[C@@H]4CCCC[C@@H]4N4CC(OC(CCF)CCF)C4)ccc3C2=O)C(=O)N1. The number of likely N-dealkylation sites (tertiary alicyclic amines) is 1. The molecule has 0 spiro atoms. The zero-order chi connectivity index (χ0) is 25.9. The lowest BCUT2D eigenvalue weighted by Crippen LogP contribution is -2.61.